The van der Waals surface area contributed by atoms with Crippen LogP contribution in [0, 0.1) is 11.8 Å². The van der Waals surface area contributed by atoms with Crippen LogP contribution in [0.2, 0.25) is 0 Å². The van der Waals surface area contributed by atoms with Gasteiger partial charge in [0.2, 0.25) is 0 Å². The first-order chi connectivity index (χ1) is 9.06. The van der Waals surface area contributed by atoms with Gasteiger partial charge in [-0.1, -0.05) is 40.0 Å². The highest BCUT2D eigenvalue weighted by molar-refractivity contribution is 4.82. The summed E-state index contributed by atoms with van der Waals surface area (Å²) < 4.78 is 0. The van der Waals surface area contributed by atoms with E-state index in [2.05, 4.69) is 45.0 Å². The van der Waals surface area contributed by atoms with Gasteiger partial charge in [0.15, 0.2) is 0 Å². The molecule has 0 aromatic heterocycles. The molecular weight excluding hydrogens is 232 g/mol. The van der Waals surface area contributed by atoms with Gasteiger partial charge in [-0.3, -0.25) is 0 Å². The van der Waals surface area contributed by atoms with E-state index in [4.69, 9.17) is 0 Å². The summed E-state index contributed by atoms with van der Waals surface area (Å²) >= 11 is 0. The smallest absolute Gasteiger partial charge is 0.0107 e. The van der Waals surface area contributed by atoms with Gasteiger partial charge in [-0.05, 0) is 51.6 Å². The zero-order chi connectivity index (χ0) is 14.3. The zero-order valence-corrected chi connectivity index (χ0v) is 13.9. The van der Waals surface area contributed by atoms with E-state index in [1.54, 1.807) is 0 Å². The predicted octanol–water partition coefficient (Wildman–Crippen LogP) is 3.91. The molecule has 1 aliphatic rings. The van der Waals surface area contributed by atoms with Crippen molar-refractivity contribution in [2.45, 2.75) is 78.3 Å². The standard InChI is InChI=1S/C17H36N2/c1-6-12-18-17-11-9-7-8-10-16(17)13-19(5)15(4)14(2)3/h14-18H,6-13H2,1-5H3. The quantitative estimate of drug-likeness (QED) is 0.704. The number of nitrogens with zero attached hydrogens (tertiary/aromatic N) is 1. The van der Waals surface area contributed by atoms with Gasteiger partial charge in [0.05, 0.1) is 0 Å². The lowest BCUT2D eigenvalue weighted by molar-refractivity contribution is 0.156. The molecule has 0 amide bonds. The molecule has 0 radical (unpaired) electrons. The summed E-state index contributed by atoms with van der Waals surface area (Å²) in [5, 5.41) is 3.81. The van der Waals surface area contributed by atoms with E-state index in [1.165, 1.54) is 51.6 Å². The Morgan fingerprint density at radius 3 is 2.42 bits per heavy atom. The highest BCUT2D eigenvalue weighted by atomic mass is 15.1. The number of hydrogen-bond donors (Lipinski definition) is 1. The molecule has 0 spiro atoms. The normalized spacial score (nSPS) is 26.7. The molecule has 0 bridgehead atoms. The van der Waals surface area contributed by atoms with E-state index in [9.17, 15) is 0 Å². The van der Waals surface area contributed by atoms with Crippen LogP contribution in [-0.4, -0.2) is 37.1 Å². The van der Waals surface area contributed by atoms with E-state index in [0.717, 1.165) is 17.9 Å². The Morgan fingerprint density at radius 2 is 1.79 bits per heavy atom. The van der Waals surface area contributed by atoms with Gasteiger partial charge in [-0.25, -0.2) is 0 Å². The fourth-order valence-corrected chi connectivity index (χ4v) is 3.25. The molecule has 0 saturated heterocycles. The maximum absolute atomic E-state index is 3.81. The first kappa shape index (κ1) is 17.0. The summed E-state index contributed by atoms with van der Waals surface area (Å²) in [4.78, 5) is 2.58. The van der Waals surface area contributed by atoms with Gasteiger partial charge in [0.1, 0.15) is 0 Å². The highest BCUT2D eigenvalue weighted by Gasteiger charge is 2.26. The van der Waals surface area contributed by atoms with E-state index in [0.29, 0.717) is 6.04 Å². The largest absolute Gasteiger partial charge is 0.314 e. The molecule has 3 atom stereocenters. The SMILES string of the molecule is CCCNC1CCCCCC1CN(C)C(C)C(C)C. The molecule has 1 saturated carbocycles. The van der Waals surface area contributed by atoms with Crippen molar-refractivity contribution in [2.24, 2.45) is 11.8 Å². The fraction of sp³-hybridized carbons (Fsp3) is 1.00. The van der Waals surface area contributed by atoms with Gasteiger partial charge >= 0.3 is 0 Å². The van der Waals surface area contributed by atoms with Gasteiger partial charge in [0, 0.05) is 18.6 Å². The Kier molecular flexibility index (Phi) is 8.01. The van der Waals surface area contributed by atoms with Crippen molar-refractivity contribution in [1.29, 1.82) is 0 Å². The second kappa shape index (κ2) is 8.97. The summed E-state index contributed by atoms with van der Waals surface area (Å²) in [5.74, 6) is 1.60. The Bertz CT molecular complexity index is 227. The van der Waals surface area contributed by atoms with Crippen LogP contribution in [0.3, 0.4) is 0 Å². The molecule has 2 heteroatoms. The minimum absolute atomic E-state index is 0.690. The minimum Gasteiger partial charge on any atom is -0.314 e. The van der Waals surface area contributed by atoms with Gasteiger partial charge in [0.25, 0.3) is 0 Å². The molecule has 1 fully saturated rings. The monoisotopic (exact) mass is 268 g/mol. The molecule has 0 aliphatic heterocycles. The van der Waals surface area contributed by atoms with Crippen molar-refractivity contribution in [3.63, 3.8) is 0 Å². The molecule has 19 heavy (non-hydrogen) atoms. The molecule has 3 unspecified atom stereocenters. The predicted molar refractivity (Wildman–Crippen MR) is 85.6 cm³/mol. The summed E-state index contributed by atoms with van der Waals surface area (Å²) in [6.07, 6.45) is 8.33. The second-order valence-electron chi connectivity index (χ2n) is 6.88. The minimum atomic E-state index is 0.690. The Hall–Kier alpha value is -0.0800. The number of hydrogen-bond acceptors (Lipinski definition) is 2. The molecule has 0 aromatic rings. The van der Waals surface area contributed by atoms with Crippen molar-refractivity contribution in [2.75, 3.05) is 20.1 Å². The van der Waals surface area contributed by atoms with Crippen molar-refractivity contribution >= 4 is 0 Å². The summed E-state index contributed by atoms with van der Waals surface area (Å²) in [5.41, 5.74) is 0. The molecule has 1 aliphatic carbocycles. The zero-order valence-electron chi connectivity index (χ0n) is 13.9. The first-order valence-corrected chi connectivity index (χ1v) is 8.49. The number of rotatable bonds is 7. The summed E-state index contributed by atoms with van der Waals surface area (Å²) in [6, 6.07) is 1.44. The second-order valence-corrected chi connectivity index (χ2v) is 6.88. The maximum Gasteiger partial charge on any atom is 0.0107 e. The van der Waals surface area contributed by atoms with Crippen LogP contribution >= 0.6 is 0 Å². The van der Waals surface area contributed by atoms with Crippen molar-refractivity contribution in [3.05, 3.63) is 0 Å². The van der Waals surface area contributed by atoms with Crippen LogP contribution in [-0.2, 0) is 0 Å². The van der Waals surface area contributed by atoms with Crippen LogP contribution < -0.4 is 5.32 Å². The fourth-order valence-electron chi connectivity index (χ4n) is 3.25. The molecule has 1 rings (SSSR count). The number of nitrogens with one attached hydrogen (secondary N) is 1. The third-order valence-electron chi connectivity index (χ3n) is 5.00. The van der Waals surface area contributed by atoms with Gasteiger partial charge in [-0.15, -0.1) is 0 Å². The average Bonchev–Trinajstić information content (AvgIpc) is 2.60. The van der Waals surface area contributed by atoms with Crippen molar-refractivity contribution < 1.29 is 0 Å². The lowest BCUT2D eigenvalue weighted by Gasteiger charge is -2.34. The third-order valence-corrected chi connectivity index (χ3v) is 5.00. The average molecular weight is 268 g/mol. The van der Waals surface area contributed by atoms with E-state index in [1.807, 2.05) is 0 Å². The van der Waals surface area contributed by atoms with Crippen LogP contribution in [0.15, 0.2) is 0 Å². The van der Waals surface area contributed by atoms with Crippen LogP contribution in [0.1, 0.15) is 66.2 Å². The van der Waals surface area contributed by atoms with Crippen LogP contribution in [0.4, 0.5) is 0 Å². The lowest BCUT2D eigenvalue weighted by atomic mass is 9.92. The first-order valence-electron chi connectivity index (χ1n) is 8.49. The summed E-state index contributed by atoms with van der Waals surface area (Å²) in [6.45, 7) is 11.8. The van der Waals surface area contributed by atoms with Crippen LogP contribution in [0.25, 0.3) is 0 Å². The molecular formula is C17H36N2. The Balaban J connectivity index is 2.53. The summed E-state index contributed by atoms with van der Waals surface area (Å²) in [7, 11) is 2.31. The lowest BCUT2D eigenvalue weighted by Crippen LogP contribution is -2.44. The van der Waals surface area contributed by atoms with Crippen molar-refractivity contribution in [1.82, 2.24) is 10.2 Å². The topological polar surface area (TPSA) is 15.3 Å². The molecule has 0 heterocycles. The molecule has 2 nitrogen and oxygen atoms in total. The van der Waals surface area contributed by atoms with Gasteiger partial charge < -0.3 is 10.2 Å². The van der Waals surface area contributed by atoms with Gasteiger partial charge in [-0.2, -0.15) is 0 Å². The third kappa shape index (κ3) is 5.83. The highest BCUT2D eigenvalue weighted by Crippen LogP contribution is 2.25. The Morgan fingerprint density at radius 1 is 1.11 bits per heavy atom. The van der Waals surface area contributed by atoms with E-state index in [-0.39, 0.29) is 0 Å². The van der Waals surface area contributed by atoms with E-state index < -0.39 is 0 Å². The maximum atomic E-state index is 3.81. The Labute approximate surface area is 121 Å². The molecule has 0 aromatic carbocycles. The van der Waals surface area contributed by atoms with E-state index >= 15 is 0 Å². The van der Waals surface area contributed by atoms with Crippen molar-refractivity contribution in [3.8, 4) is 0 Å². The molecule has 114 valence electrons. The van der Waals surface area contributed by atoms with Crippen LogP contribution in [0.5, 0.6) is 0 Å². The molecule has 1 N–H and O–H groups in total.